The second-order valence-electron chi connectivity index (χ2n) is 5.78. The van der Waals surface area contributed by atoms with Gasteiger partial charge in [0.05, 0.1) is 11.1 Å². The van der Waals surface area contributed by atoms with E-state index in [0.717, 1.165) is 0 Å². The van der Waals surface area contributed by atoms with Crippen LogP contribution in [-0.4, -0.2) is 22.5 Å². The van der Waals surface area contributed by atoms with Gasteiger partial charge in [0, 0.05) is 22.3 Å². The summed E-state index contributed by atoms with van der Waals surface area (Å²) in [6.07, 6.45) is 4.27. The summed E-state index contributed by atoms with van der Waals surface area (Å²) < 4.78 is 0. The van der Waals surface area contributed by atoms with E-state index in [1.54, 1.807) is 48.5 Å². The summed E-state index contributed by atoms with van der Waals surface area (Å²) in [6, 6.07) is 13.4. The number of hydrogen-bond acceptors (Lipinski definition) is 4. The molecule has 0 aliphatic heterocycles. The molecular weight excluding hydrogens is 316 g/mol. The zero-order valence-electron chi connectivity index (χ0n) is 13.0. The molecule has 0 radical (unpaired) electrons. The van der Waals surface area contributed by atoms with Crippen molar-refractivity contribution in [1.82, 2.24) is 0 Å². The highest BCUT2D eigenvalue weighted by molar-refractivity contribution is 6.39. The number of benzene rings is 2. The maximum atomic E-state index is 12.3. The van der Waals surface area contributed by atoms with E-state index in [9.17, 15) is 19.5 Å². The molecule has 0 aromatic heterocycles. The van der Waals surface area contributed by atoms with Crippen molar-refractivity contribution in [3.05, 3.63) is 100 Å². The van der Waals surface area contributed by atoms with Gasteiger partial charge in [0.25, 0.3) is 0 Å². The van der Waals surface area contributed by atoms with E-state index in [0.29, 0.717) is 22.3 Å². The largest absolute Gasteiger partial charge is 0.507 e. The molecule has 0 bridgehead atoms. The van der Waals surface area contributed by atoms with Crippen molar-refractivity contribution in [3.63, 3.8) is 0 Å². The normalized spacial score (nSPS) is 16.0. The Labute approximate surface area is 143 Å². The van der Waals surface area contributed by atoms with E-state index < -0.39 is 0 Å². The van der Waals surface area contributed by atoms with Crippen LogP contribution in [0.2, 0.25) is 0 Å². The third-order valence-corrected chi connectivity index (χ3v) is 4.36. The first-order valence-electron chi connectivity index (χ1n) is 7.73. The number of fused-ring (bicyclic) bond motifs is 2. The van der Waals surface area contributed by atoms with Crippen LogP contribution in [0.5, 0.6) is 0 Å². The molecule has 0 heterocycles. The average molecular weight is 328 g/mol. The summed E-state index contributed by atoms with van der Waals surface area (Å²) in [5.41, 5.74) is 1.90. The lowest BCUT2D eigenvalue weighted by Crippen LogP contribution is -2.00. The van der Waals surface area contributed by atoms with Gasteiger partial charge in [0.2, 0.25) is 0 Å². The second-order valence-corrected chi connectivity index (χ2v) is 5.78. The number of hydrogen-bond donors (Lipinski definition) is 1. The molecule has 0 saturated heterocycles. The summed E-state index contributed by atoms with van der Waals surface area (Å²) >= 11 is 0. The van der Waals surface area contributed by atoms with E-state index in [2.05, 4.69) is 0 Å². The Morgan fingerprint density at radius 2 is 1.16 bits per heavy atom. The molecule has 0 saturated carbocycles. The fourth-order valence-electron chi connectivity index (χ4n) is 3.10. The number of ketones is 3. The van der Waals surface area contributed by atoms with E-state index in [-0.39, 0.29) is 34.3 Å². The third kappa shape index (κ3) is 2.19. The van der Waals surface area contributed by atoms with Gasteiger partial charge in [-0.1, -0.05) is 54.6 Å². The molecular formula is C21H12O4. The van der Waals surface area contributed by atoms with Crippen LogP contribution in [0.1, 0.15) is 36.6 Å². The fourth-order valence-corrected chi connectivity index (χ4v) is 3.10. The van der Waals surface area contributed by atoms with Gasteiger partial charge in [-0.05, 0) is 12.2 Å². The SMILES string of the molecule is O=C1C(=CC=CC2=C(O)c3ccccc3C2=O)C(=O)c2ccccc21. The fraction of sp³-hybridized carbons (Fsp3) is 0. The van der Waals surface area contributed by atoms with E-state index in [4.69, 9.17) is 0 Å². The van der Waals surface area contributed by atoms with Gasteiger partial charge in [0.1, 0.15) is 5.76 Å². The van der Waals surface area contributed by atoms with Crippen LogP contribution in [0.15, 0.2) is 77.9 Å². The van der Waals surface area contributed by atoms with Crippen molar-refractivity contribution in [2.75, 3.05) is 0 Å². The Morgan fingerprint density at radius 1 is 0.680 bits per heavy atom. The summed E-state index contributed by atoms with van der Waals surface area (Å²) in [7, 11) is 0. The summed E-state index contributed by atoms with van der Waals surface area (Å²) in [5, 5.41) is 10.2. The predicted molar refractivity (Wildman–Crippen MR) is 92.6 cm³/mol. The van der Waals surface area contributed by atoms with Gasteiger partial charge in [-0.15, -0.1) is 0 Å². The van der Waals surface area contributed by atoms with Gasteiger partial charge in [0.15, 0.2) is 17.3 Å². The number of carbonyl (C=O) groups is 3. The molecule has 4 heteroatoms. The van der Waals surface area contributed by atoms with Crippen LogP contribution >= 0.6 is 0 Å². The van der Waals surface area contributed by atoms with Gasteiger partial charge >= 0.3 is 0 Å². The van der Waals surface area contributed by atoms with E-state index >= 15 is 0 Å². The molecule has 25 heavy (non-hydrogen) atoms. The van der Waals surface area contributed by atoms with E-state index in [1.165, 1.54) is 18.2 Å². The lowest BCUT2D eigenvalue weighted by atomic mass is 10.1. The molecule has 4 rings (SSSR count). The first-order valence-corrected chi connectivity index (χ1v) is 7.73. The maximum absolute atomic E-state index is 12.3. The quantitative estimate of drug-likeness (QED) is 0.674. The molecule has 2 aliphatic rings. The molecule has 120 valence electrons. The minimum atomic E-state index is -0.329. The molecule has 0 unspecified atom stereocenters. The van der Waals surface area contributed by atoms with Gasteiger partial charge in [-0.3, -0.25) is 14.4 Å². The minimum Gasteiger partial charge on any atom is -0.507 e. The highest BCUT2D eigenvalue weighted by Crippen LogP contribution is 2.31. The molecule has 1 N–H and O–H groups in total. The molecule has 0 spiro atoms. The van der Waals surface area contributed by atoms with Gasteiger partial charge in [-0.25, -0.2) is 0 Å². The lowest BCUT2D eigenvalue weighted by Gasteiger charge is -1.95. The highest BCUT2D eigenvalue weighted by atomic mass is 16.3. The van der Waals surface area contributed by atoms with Gasteiger partial charge < -0.3 is 5.11 Å². The Morgan fingerprint density at radius 3 is 1.68 bits per heavy atom. The molecule has 0 atom stereocenters. The zero-order valence-corrected chi connectivity index (χ0v) is 13.0. The van der Waals surface area contributed by atoms with Crippen molar-refractivity contribution in [3.8, 4) is 0 Å². The lowest BCUT2D eigenvalue weighted by molar-refractivity contribution is 0.0986. The molecule has 0 fully saturated rings. The third-order valence-electron chi connectivity index (χ3n) is 4.36. The molecule has 2 aromatic carbocycles. The van der Waals surface area contributed by atoms with Crippen molar-refractivity contribution >= 4 is 23.1 Å². The zero-order chi connectivity index (χ0) is 17.6. The highest BCUT2D eigenvalue weighted by Gasteiger charge is 2.32. The monoisotopic (exact) mass is 328 g/mol. The minimum absolute atomic E-state index is 0.0560. The standard InChI is InChI=1S/C21H12O4/c22-18-12-6-1-2-7-13(12)19(23)16(18)10-5-11-17-20(24)14-8-3-4-9-15(14)21(17)25/h1-11,22H. The Bertz CT molecular complexity index is 1010. The summed E-state index contributed by atoms with van der Waals surface area (Å²) in [4.78, 5) is 36.9. The van der Waals surface area contributed by atoms with Crippen molar-refractivity contribution in [2.24, 2.45) is 0 Å². The number of allylic oxidation sites excluding steroid dienone is 5. The van der Waals surface area contributed by atoms with Crippen molar-refractivity contribution < 1.29 is 19.5 Å². The molecule has 2 aromatic rings. The molecule has 0 amide bonds. The van der Waals surface area contributed by atoms with E-state index in [1.807, 2.05) is 0 Å². The topological polar surface area (TPSA) is 71.4 Å². The van der Waals surface area contributed by atoms with Crippen molar-refractivity contribution in [2.45, 2.75) is 0 Å². The Kier molecular flexibility index (Phi) is 3.32. The number of aliphatic hydroxyl groups excluding tert-OH is 1. The number of carbonyl (C=O) groups excluding carboxylic acids is 3. The van der Waals surface area contributed by atoms with Gasteiger partial charge in [-0.2, -0.15) is 0 Å². The number of aliphatic hydroxyl groups is 1. The van der Waals surface area contributed by atoms with Crippen LogP contribution in [0.4, 0.5) is 0 Å². The number of rotatable bonds is 2. The first kappa shape index (κ1) is 15.0. The molecule has 2 aliphatic carbocycles. The smallest absolute Gasteiger partial charge is 0.197 e. The summed E-state index contributed by atoms with van der Waals surface area (Å²) in [6.45, 7) is 0. The second kappa shape index (κ2) is 5.53. The summed E-state index contributed by atoms with van der Waals surface area (Å²) in [5.74, 6) is -1.04. The van der Waals surface area contributed by atoms with Crippen LogP contribution in [0.25, 0.3) is 5.76 Å². The van der Waals surface area contributed by atoms with Crippen LogP contribution in [0.3, 0.4) is 0 Å². The van der Waals surface area contributed by atoms with Crippen LogP contribution in [-0.2, 0) is 0 Å². The van der Waals surface area contributed by atoms with Crippen molar-refractivity contribution in [1.29, 1.82) is 0 Å². The number of Topliss-reactive ketones (excluding diaryl/α,β-unsaturated/α-hetero) is 3. The Hall–Kier alpha value is -3.53. The maximum Gasteiger partial charge on any atom is 0.197 e. The van der Waals surface area contributed by atoms with Crippen LogP contribution in [0, 0.1) is 0 Å². The predicted octanol–water partition coefficient (Wildman–Crippen LogP) is 3.71. The Balaban J connectivity index is 1.66. The molecule has 4 nitrogen and oxygen atoms in total. The van der Waals surface area contributed by atoms with Crippen LogP contribution < -0.4 is 0 Å². The first-order chi connectivity index (χ1) is 12.1. The average Bonchev–Trinajstić information content (AvgIpc) is 3.03.